The monoisotopic (exact) mass is 295 g/mol. The van der Waals surface area contributed by atoms with Gasteiger partial charge in [0.05, 0.1) is 5.69 Å². The molecule has 0 aliphatic heterocycles. The zero-order chi connectivity index (χ0) is 12.3. The molecule has 1 unspecified atom stereocenters. The molecule has 1 aromatic heterocycles. The summed E-state index contributed by atoms with van der Waals surface area (Å²) in [6.45, 7) is 0. The highest BCUT2D eigenvalue weighted by atomic mass is 79.9. The van der Waals surface area contributed by atoms with Crippen LogP contribution in [0.25, 0.3) is 0 Å². The maximum absolute atomic E-state index is 13.4. The molecule has 17 heavy (non-hydrogen) atoms. The van der Waals surface area contributed by atoms with E-state index in [4.69, 9.17) is 0 Å². The summed E-state index contributed by atoms with van der Waals surface area (Å²) in [6, 6.07) is 9.99. The Hall–Kier alpha value is -1.26. The van der Waals surface area contributed by atoms with Gasteiger partial charge in [-0.1, -0.05) is 18.2 Å². The number of aliphatic hydroxyl groups is 1. The van der Waals surface area contributed by atoms with E-state index in [9.17, 15) is 9.50 Å². The molecule has 2 nitrogen and oxygen atoms in total. The SMILES string of the molecule is OC(Cc1ccccc1F)c1ncccc1Br. The lowest BCUT2D eigenvalue weighted by atomic mass is 10.0. The van der Waals surface area contributed by atoms with E-state index < -0.39 is 6.10 Å². The average molecular weight is 296 g/mol. The van der Waals surface area contributed by atoms with Crippen molar-refractivity contribution in [3.05, 3.63) is 64.1 Å². The molecular formula is C13H11BrFNO. The molecule has 1 heterocycles. The number of nitrogens with zero attached hydrogens (tertiary/aromatic N) is 1. The van der Waals surface area contributed by atoms with Gasteiger partial charge >= 0.3 is 0 Å². The van der Waals surface area contributed by atoms with Gasteiger partial charge < -0.3 is 5.11 Å². The Bertz CT molecular complexity index is 518. The van der Waals surface area contributed by atoms with Crippen LogP contribution >= 0.6 is 15.9 Å². The quantitative estimate of drug-likeness (QED) is 0.943. The maximum atomic E-state index is 13.4. The van der Waals surface area contributed by atoms with Crippen molar-refractivity contribution in [1.82, 2.24) is 4.98 Å². The number of aromatic nitrogens is 1. The van der Waals surface area contributed by atoms with Crippen LogP contribution in [0.3, 0.4) is 0 Å². The highest BCUT2D eigenvalue weighted by Crippen LogP contribution is 2.24. The third kappa shape index (κ3) is 2.90. The molecule has 88 valence electrons. The molecule has 1 atom stereocenters. The van der Waals surface area contributed by atoms with Crippen LogP contribution in [-0.4, -0.2) is 10.1 Å². The van der Waals surface area contributed by atoms with E-state index in [0.29, 0.717) is 11.3 Å². The largest absolute Gasteiger partial charge is 0.386 e. The maximum Gasteiger partial charge on any atom is 0.126 e. The highest BCUT2D eigenvalue weighted by molar-refractivity contribution is 9.10. The molecule has 0 aliphatic rings. The summed E-state index contributed by atoms with van der Waals surface area (Å²) in [5, 5.41) is 10.0. The number of aliphatic hydroxyl groups excluding tert-OH is 1. The van der Waals surface area contributed by atoms with E-state index in [1.54, 1.807) is 36.5 Å². The first-order valence-electron chi connectivity index (χ1n) is 5.20. The van der Waals surface area contributed by atoms with Crippen LogP contribution in [0.2, 0.25) is 0 Å². The first kappa shape index (κ1) is 12.2. The smallest absolute Gasteiger partial charge is 0.126 e. The van der Waals surface area contributed by atoms with Crippen LogP contribution < -0.4 is 0 Å². The van der Waals surface area contributed by atoms with Crippen molar-refractivity contribution in [3.8, 4) is 0 Å². The molecular weight excluding hydrogens is 285 g/mol. The minimum atomic E-state index is -0.817. The van der Waals surface area contributed by atoms with Crippen molar-refractivity contribution in [2.24, 2.45) is 0 Å². The predicted molar refractivity (Wildman–Crippen MR) is 67.0 cm³/mol. The van der Waals surface area contributed by atoms with Crippen LogP contribution in [0.4, 0.5) is 4.39 Å². The van der Waals surface area contributed by atoms with E-state index in [0.717, 1.165) is 4.47 Å². The van der Waals surface area contributed by atoms with Crippen molar-refractivity contribution in [2.75, 3.05) is 0 Å². The van der Waals surface area contributed by atoms with Crippen molar-refractivity contribution in [3.63, 3.8) is 0 Å². The first-order chi connectivity index (χ1) is 8.18. The lowest BCUT2D eigenvalue weighted by molar-refractivity contribution is 0.171. The Labute approximate surface area is 107 Å². The standard InChI is InChI=1S/C13H11BrFNO/c14-10-5-3-7-16-13(10)12(17)8-9-4-1-2-6-11(9)15/h1-7,12,17H,8H2. The number of rotatable bonds is 3. The van der Waals surface area contributed by atoms with Crippen LogP contribution in [0, 0.1) is 5.82 Å². The van der Waals surface area contributed by atoms with Crippen LogP contribution in [0.5, 0.6) is 0 Å². The van der Waals surface area contributed by atoms with Gasteiger partial charge in [0, 0.05) is 17.1 Å². The minimum absolute atomic E-state index is 0.211. The molecule has 1 aromatic carbocycles. The van der Waals surface area contributed by atoms with Gasteiger partial charge in [0.25, 0.3) is 0 Å². The fourth-order valence-electron chi connectivity index (χ4n) is 1.61. The van der Waals surface area contributed by atoms with Gasteiger partial charge in [-0.3, -0.25) is 4.98 Å². The Kier molecular flexibility index (Phi) is 3.86. The molecule has 0 saturated carbocycles. The zero-order valence-electron chi connectivity index (χ0n) is 8.98. The van der Waals surface area contributed by atoms with Crippen molar-refractivity contribution in [1.29, 1.82) is 0 Å². The number of benzene rings is 1. The number of pyridine rings is 1. The Morgan fingerprint density at radius 2 is 2.00 bits per heavy atom. The third-order valence-corrected chi connectivity index (χ3v) is 3.14. The van der Waals surface area contributed by atoms with E-state index in [-0.39, 0.29) is 12.2 Å². The Balaban J connectivity index is 2.20. The summed E-state index contributed by atoms with van der Waals surface area (Å²) in [4.78, 5) is 4.08. The first-order valence-corrected chi connectivity index (χ1v) is 5.99. The summed E-state index contributed by atoms with van der Waals surface area (Å²) < 4.78 is 14.1. The molecule has 2 aromatic rings. The molecule has 0 saturated heterocycles. The lowest BCUT2D eigenvalue weighted by Crippen LogP contribution is -2.06. The van der Waals surface area contributed by atoms with Gasteiger partial charge in [-0.2, -0.15) is 0 Å². The predicted octanol–water partition coefficient (Wildman–Crippen LogP) is 3.26. The summed E-state index contributed by atoms with van der Waals surface area (Å²) in [5.41, 5.74) is 1.01. The topological polar surface area (TPSA) is 33.1 Å². The van der Waals surface area contributed by atoms with Gasteiger partial charge in [0.1, 0.15) is 11.9 Å². The Morgan fingerprint density at radius 3 is 2.71 bits per heavy atom. The van der Waals surface area contributed by atoms with Crippen molar-refractivity contribution >= 4 is 15.9 Å². The van der Waals surface area contributed by atoms with Crippen LogP contribution in [0.15, 0.2) is 47.1 Å². The minimum Gasteiger partial charge on any atom is -0.386 e. The van der Waals surface area contributed by atoms with Gasteiger partial charge in [-0.15, -0.1) is 0 Å². The van der Waals surface area contributed by atoms with E-state index >= 15 is 0 Å². The molecule has 4 heteroatoms. The fourth-order valence-corrected chi connectivity index (χ4v) is 2.13. The second-order valence-corrected chi connectivity index (χ2v) is 4.54. The van der Waals surface area contributed by atoms with Gasteiger partial charge in [-0.25, -0.2) is 4.39 Å². The summed E-state index contributed by atoms with van der Waals surface area (Å²) in [6.07, 6.45) is 0.995. The van der Waals surface area contributed by atoms with E-state index in [1.165, 1.54) is 6.07 Å². The summed E-state index contributed by atoms with van der Waals surface area (Å²) >= 11 is 3.31. The highest BCUT2D eigenvalue weighted by Gasteiger charge is 2.14. The summed E-state index contributed by atoms with van der Waals surface area (Å²) in [5.74, 6) is -0.307. The molecule has 0 amide bonds. The van der Waals surface area contributed by atoms with Crippen LogP contribution in [-0.2, 0) is 6.42 Å². The zero-order valence-corrected chi connectivity index (χ0v) is 10.6. The molecule has 0 radical (unpaired) electrons. The Morgan fingerprint density at radius 1 is 1.24 bits per heavy atom. The lowest BCUT2D eigenvalue weighted by Gasteiger charge is -2.12. The van der Waals surface area contributed by atoms with Crippen molar-refractivity contribution in [2.45, 2.75) is 12.5 Å². The van der Waals surface area contributed by atoms with Crippen LogP contribution in [0.1, 0.15) is 17.4 Å². The summed E-state index contributed by atoms with van der Waals surface area (Å²) in [7, 11) is 0. The molecule has 0 spiro atoms. The number of hydrogen-bond acceptors (Lipinski definition) is 2. The normalized spacial score (nSPS) is 12.4. The van der Waals surface area contributed by atoms with E-state index in [2.05, 4.69) is 20.9 Å². The molecule has 0 bridgehead atoms. The van der Waals surface area contributed by atoms with E-state index in [1.807, 2.05) is 0 Å². The molecule has 2 rings (SSSR count). The van der Waals surface area contributed by atoms with Gasteiger partial charge in [-0.05, 0) is 39.7 Å². The van der Waals surface area contributed by atoms with Gasteiger partial charge in [0.15, 0.2) is 0 Å². The van der Waals surface area contributed by atoms with Crippen molar-refractivity contribution < 1.29 is 9.50 Å². The molecule has 0 fully saturated rings. The molecule has 1 N–H and O–H groups in total. The number of hydrogen-bond donors (Lipinski definition) is 1. The van der Waals surface area contributed by atoms with Gasteiger partial charge in [0.2, 0.25) is 0 Å². The average Bonchev–Trinajstić information content (AvgIpc) is 2.32. The third-order valence-electron chi connectivity index (χ3n) is 2.47. The second kappa shape index (κ2) is 5.38. The fraction of sp³-hybridized carbons (Fsp3) is 0.154. The number of halogens is 2. The molecule has 0 aliphatic carbocycles. The second-order valence-electron chi connectivity index (χ2n) is 3.68.